The molecule has 0 unspecified atom stereocenters. The van der Waals surface area contributed by atoms with Crippen LogP contribution in [0, 0.1) is 0 Å². The summed E-state index contributed by atoms with van der Waals surface area (Å²) < 4.78 is 0. The summed E-state index contributed by atoms with van der Waals surface area (Å²) in [5, 5.41) is 3.53. The van der Waals surface area contributed by atoms with E-state index in [1.807, 2.05) is 6.07 Å². The molecule has 1 N–H and O–H groups in total. The number of aromatic nitrogens is 2. The van der Waals surface area contributed by atoms with Crippen LogP contribution in [0.1, 0.15) is 55.1 Å². The van der Waals surface area contributed by atoms with Crippen LogP contribution in [0.3, 0.4) is 0 Å². The molecule has 0 atom stereocenters. The van der Waals surface area contributed by atoms with E-state index in [9.17, 15) is 0 Å². The van der Waals surface area contributed by atoms with Gasteiger partial charge in [0, 0.05) is 30.6 Å². The maximum atomic E-state index is 5.02. The number of rotatable bonds is 5. The van der Waals surface area contributed by atoms with Crippen LogP contribution >= 0.6 is 0 Å². The van der Waals surface area contributed by atoms with Gasteiger partial charge >= 0.3 is 0 Å². The van der Waals surface area contributed by atoms with Crippen LogP contribution in [0.5, 0.6) is 0 Å². The van der Waals surface area contributed by atoms with E-state index in [-0.39, 0.29) is 5.54 Å². The van der Waals surface area contributed by atoms with Gasteiger partial charge in [-0.2, -0.15) is 0 Å². The minimum atomic E-state index is 0.0141. The highest BCUT2D eigenvalue weighted by molar-refractivity contribution is 5.54. The Morgan fingerprint density at radius 2 is 1.69 bits per heavy atom. The molecule has 0 radical (unpaired) electrons. The topological polar surface area (TPSA) is 41.0 Å². The SMILES string of the molecule is CC1(C)Cc2ccccc2CN1c1cc(NCc2ccccc2)nc(C2CC2)n1. The molecule has 1 saturated carbocycles. The molecular formula is C25H28N4. The van der Waals surface area contributed by atoms with Gasteiger partial charge in [0.2, 0.25) is 0 Å². The molecule has 4 nitrogen and oxygen atoms in total. The van der Waals surface area contributed by atoms with Crippen LogP contribution < -0.4 is 10.2 Å². The van der Waals surface area contributed by atoms with Crippen LogP contribution in [0.15, 0.2) is 60.7 Å². The van der Waals surface area contributed by atoms with Gasteiger partial charge < -0.3 is 10.2 Å². The van der Waals surface area contributed by atoms with Crippen molar-refractivity contribution in [3.8, 4) is 0 Å². The second kappa shape index (κ2) is 7.18. The fraction of sp³-hybridized carbons (Fsp3) is 0.360. The van der Waals surface area contributed by atoms with Gasteiger partial charge in [0.15, 0.2) is 0 Å². The van der Waals surface area contributed by atoms with Crippen LogP contribution in [-0.4, -0.2) is 15.5 Å². The highest BCUT2D eigenvalue weighted by Gasteiger charge is 2.35. The normalized spacial score (nSPS) is 17.7. The number of fused-ring (bicyclic) bond motifs is 1. The molecule has 2 aromatic carbocycles. The van der Waals surface area contributed by atoms with Crippen LogP contribution in [-0.2, 0) is 19.5 Å². The van der Waals surface area contributed by atoms with Crippen molar-refractivity contribution in [2.75, 3.05) is 10.2 Å². The Hall–Kier alpha value is -2.88. The van der Waals surface area contributed by atoms with Crippen molar-refractivity contribution in [1.82, 2.24) is 9.97 Å². The Morgan fingerprint density at radius 3 is 2.45 bits per heavy atom. The number of anilines is 2. The number of benzene rings is 2. The summed E-state index contributed by atoms with van der Waals surface area (Å²) >= 11 is 0. The largest absolute Gasteiger partial charge is 0.366 e. The van der Waals surface area contributed by atoms with E-state index in [1.54, 1.807) is 0 Å². The standard InChI is InChI=1S/C25H28N4/c1-25(2)15-20-10-6-7-11-21(20)17-29(25)23-14-22(27-24(28-23)19-12-13-19)26-16-18-8-4-3-5-9-18/h3-11,14,19H,12-13,15-17H2,1-2H3,(H,26,27,28). The fourth-order valence-electron chi connectivity index (χ4n) is 4.22. The van der Waals surface area contributed by atoms with Gasteiger partial charge in [-0.3, -0.25) is 0 Å². The number of hydrogen-bond acceptors (Lipinski definition) is 4. The van der Waals surface area contributed by atoms with Gasteiger partial charge in [0.25, 0.3) is 0 Å². The number of nitrogens with one attached hydrogen (secondary N) is 1. The Balaban J connectivity index is 1.46. The molecule has 1 fully saturated rings. The molecule has 0 amide bonds. The lowest BCUT2D eigenvalue weighted by atomic mass is 9.85. The van der Waals surface area contributed by atoms with Crippen molar-refractivity contribution in [3.05, 3.63) is 83.2 Å². The average molecular weight is 385 g/mol. The fourth-order valence-corrected chi connectivity index (χ4v) is 4.22. The van der Waals surface area contributed by atoms with E-state index in [2.05, 4.69) is 78.7 Å². The third kappa shape index (κ3) is 3.84. The van der Waals surface area contributed by atoms with Crippen LogP contribution in [0.4, 0.5) is 11.6 Å². The highest BCUT2D eigenvalue weighted by atomic mass is 15.3. The Labute approximate surface area is 173 Å². The molecular weight excluding hydrogens is 356 g/mol. The monoisotopic (exact) mass is 384 g/mol. The number of hydrogen-bond donors (Lipinski definition) is 1. The van der Waals surface area contributed by atoms with Crippen molar-refractivity contribution in [2.24, 2.45) is 0 Å². The molecule has 0 spiro atoms. The predicted molar refractivity (Wildman–Crippen MR) is 118 cm³/mol. The van der Waals surface area contributed by atoms with Gasteiger partial charge in [0.1, 0.15) is 17.5 Å². The van der Waals surface area contributed by atoms with Crippen molar-refractivity contribution in [2.45, 2.75) is 57.7 Å². The first-order chi connectivity index (χ1) is 14.1. The lowest BCUT2D eigenvalue weighted by Crippen LogP contribution is -2.49. The smallest absolute Gasteiger partial charge is 0.136 e. The van der Waals surface area contributed by atoms with E-state index >= 15 is 0 Å². The molecule has 5 rings (SSSR count). The molecule has 0 saturated heterocycles. The molecule has 1 aromatic heterocycles. The van der Waals surface area contributed by atoms with Gasteiger partial charge in [-0.15, -0.1) is 0 Å². The van der Waals surface area contributed by atoms with Crippen molar-refractivity contribution >= 4 is 11.6 Å². The molecule has 3 aromatic rings. The first-order valence-corrected chi connectivity index (χ1v) is 10.6. The lowest BCUT2D eigenvalue weighted by molar-refractivity contribution is 0.427. The second-order valence-corrected chi connectivity index (χ2v) is 8.93. The van der Waals surface area contributed by atoms with Crippen molar-refractivity contribution in [1.29, 1.82) is 0 Å². The Morgan fingerprint density at radius 1 is 0.966 bits per heavy atom. The first kappa shape index (κ1) is 18.2. The predicted octanol–water partition coefficient (Wildman–Crippen LogP) is 5.31. The summed E-state index contributed by atoms with van der Waals surface area (Å²) in [4.78, 5) is 12.3. The highest BCUT2D eigenvalue weighted by Crippen LogP contribution is 2.41. The van der Waals surface area contributed by atoms with Crippen molar-refractivity contribution < 1.29 is 0 Å². The minimum Gasteiger partial charge on any atom is -0.366 e. The zero-order valence-electron chi connectivity index (χ0n) is 17.2. The van der Waals surface area contributed by atoms with Gasteiger partial charge in [-0.1, -0.05) is 54.6 Å². The maximum Gasteiger partial charge on any atom is 0.136 e. The zero-order valence-corrected chi connectivity index (χ0v) is 17.2. The van der Waals surface area contributed by atoms with E-state index in [0.717, 1.165) is 37.0 Å². The summed E-state index contributed by atoms with van der Waals surface area (Å²) in [6, 6.07) is 21.4. The molecule has 1 aliphatic heterocycles. The zero-order chi connectivity index (χ0) is 19.8. The molecule has 0 bridgehead atoms. The third-order valence-corrected chi connectivity index (χ3v) is 6.07. The van der Waals surface area contributed by atoms with Gasteiger partial charge in [-0.25, -0.2) is 9.97 Å². The maximum absolute atomic E-state index is 5.02. The van der Waals surface area contributed by atoms with E-state index in [4.69, 9.17) is 9.97 Å². The average Bonchev–Trinajstić information content (AvgIpc) is 3.57. The molecule has 29 heavy (non-hydrogen) atoms. The third-order valence-electron chi connectivity index (χ3n) is 6.07. The number of nitrogens with zero attached hydrogens (tertiary/aromatic N) is 3. The van der Waals surface area contributed by atoms with Gasteiger partial charge in [0.05, 0.1) is 0 Å². The molecule has 2 heterocycles. The summed E-state index contributed by atoms with van der Waals surface area (Å²) in [5.74, 6) is 3.48. The Bertz CT molecular complexity index is 1010. The van der Waals surface area contributed by atoms with E-state index in [0.29, 0.717) is 5.92 Å². The summed E-state index contributed by atoms with van der Waals surface area (Å²) in [5.41, 5.74) is 4.12. The van der Waals surface area contributed by atoms with Crippen molar-refractivity contribution in [3.63, 3.8) is 0 Å². The quantitative estimate of drug-likeness (QED) is 0.647. The lowest BCUT2D eigenvalue weighted by Gasteiger charge is -2.44. The molecule has 148 valence electrons. The summed E-state index contributed by atoms with van der Waals surface area (Å²) in [6.07, 6.45) is 3.43. The molecule has 2 aliphatic rings. The van der Waals surface area contributed by atoms with Gasteiger partial charge in [-0.05, 0) is 49.8 Å². The van der Waals surface area contributed by atoms with E-state index in [1.165, 1.54) is 29.5 Å². The van der Waals surface area contributed by atoms with E-state index < -0.39 is 0 Å². The summed E-state index contributed by atoms with van der Waals surface area (Å²) in [7, 11) is 0. The second-order valence-electron chi connectivity index (χ2n) is 8.93. The first-order valence-electron chi connectivity index (χ1n) is 10.6. The molecule has 4 heteroatoms. The summed E-state index contributed by atoms with van der Waals surface area (Å²) in [6.45, 7) is 6.30. The molecule has 1 aliphatic carbocycles. The van der Waals surface area contributed by atoms with Crippen LogP contribution in [0.25, 0.3) is 0 Å². The minimum absolute atomic E-state index is 0.0141. The Kier molecular flexibility index (Phi) is 4.50. The van der Waals surface area contributed by atoms with Crippen LogP contribution in [0.2, 0.25) is 0 Å².